The number of benzene rings is 1. The lowest BCUT2D eigenvalue weighted by Gasteiger charge is -2.30. The molecule has 1 aliphatic rings. The molecule has 0 bridgehead atoms. The molecule has 1 aromatic rings. The number of rotatable bonds is 9. The van der Waals surface area contributed by atoms with Crippen LogP contribution >= 0.6 is 24.0 Å². The van der Waals surface area contributed by atoms with Gasteiger partial charge in [-0.25, -0.2) is 8.78 Å². The predicted molar refractivity (Wildman–Crippen MR) is 126 cm³/mol. The Kier molecular flexibility index (Phi) is 11.2. The Labute approximate surface area is 190 Å². The second-order valence-corrected chi connectivity index (χ2v) is 7.55. The zero-order valence-corrected chi connectivity index (χ0v) is 20.0. The van der Waals surface area contributed by atoms with E-state index in [-0.39, 0.29) is 42.0 Å². The van der Waals surface area contributed by atoms with Gasteiger partial charge in [0.25, 0.3) is 0 Å². The lowest BCUT2D eigenvalue weighted by atomic mass is 9.79. The molecule has 1 aliphatic heterocycles. The Hall–Kier alpha value is -1.16. The summed E-state index contributed by atoms with van der Waals surface area (Å²) in [6.45, 7) is 9.21. The molecule has 8 heteroatoms. The van der Waals surface area contributed by atoms with E-state index < -0.39 is 11.6 Å². The van der Waals surface area contributed by atoms with E-state index in [1.807, 2.05) is 11.8 Å². The van der Waals surface area contributed by atoms with Crippen LogP contribution in [0.15, 0.2) is 23.2 Å². The van der Waals surface area contributed by atoms with E-state index in [4.69, 9.17) is 4.99 Å². The zero-order chi connectivity index (χ0) is 20.6. The summed E-state index contributed by atoms with van der Waals surface area (Å²) in [4.78, 5) is 6.71. The first-order valence-electron chi connectivity index (χ1n) is 10.3. The van der Waals surface area contributed by atoms with Crippen molar-refractivity contribution in [2.45, 2.75) is 52.5 Å². The lowest BCUT2D eigenvalue weighted by Crippen LogP contribution is -2.45. The van der Waals surface area contributed by atoms with Crippen LogP contribution in [0.25, 0.3) is 0 Å². The first-order valence-corrected chi connectivity index (χ1v) is 10.3. The maximum atomic E-state index is 14.1. The summed E-state index contributed by atoms with van der Waals surface area (Å²) in [5, 5.41) is 16.1. The molecule has 1 aromatic carbocycles. The lowest BCUT2D eigenvalue weighted by molar-refractivity contribution is 0.175. The maximum Gasteiger partial charge on any atom is 0.191 e. The number of hydrogen-bond acceptors (Lipinski definition) is 3. The third-order valence-electron chi connectivity index (χ3n) is 5.84. The van der Waals surface area contributed by atoms with Gasteiger partial charge in [-0.2, -0.15) is 0 Å². The molecule has 1 fully saturated rings. The topological polar surface area (TPSA) is 59.9 Å². The van der Waals surface area contributed by atoms with E-state index >= 15 is 0 Å². The average Bonchev–Trinajstić information content (AvgIpc) is 3.13. The summed E-state index contributed by atoms with van der Waals surface area (Å²) >= 11 is 0. The van der Waals surface area contributed by atoms with E-state index in [0.29, 0.717) is 25.3 Å². The van der Waals surface area contributed by atoms with Crippen LogP contribution in [0.3, 0.4) is 0 Å². The monoisotopic (exact) mass is 524 g/mol. The number of halogens is 3. The third-order valence-corrected chi connectivity index (χ3v) is 5.84. The van der Waals surface area contributed by atoms with Crippen LogP contribution in [0.2, 0.25) is 0 Å². The van der Waals surface area contributed by atoms with Crippen molar-refractivity contribution in [2.75, 3.05) is 37.7 Å². The molecule has 2 rings (SSSR count). The van der Waals surface area contributed by atoms with Crippen LogP contribution in [0.1, 0.15) is 46.5 Å². The molecule has 1 heterocycles. The molecular weight excluding hydrogens is 489 g/mol. The fourth-order valence-electron chi connectivity index (χ4n) is 3.74. The Morgan fingerprint density at radius 3 is 2.59 bits per heavy atom. The number of guanidine groups is 1. The minimum atomic E-state index is -0.560. The van der Waals surface area contributed by atoms with Gasteiger partial charge in [-0.1, -0.05) is 13.8 Å². The molecule has 3 N–H and O–H groups in total. The van der Waals surface area contributed by atoms with Crippen LogP contribution in [0, 0.1) is 17.0 Å². The summed E-state index contributed by atoms with van der Waals surface area (Å²) in [6, 6.07) is 3.86. The first kappa shape index (κ1) is 25.9. The molecule has 5 nitrogen and oxygen atoms in total. The van der Waals surface area contributed by atoms with Crippen molar-refractivity contribution in [3.63, 3.8) is 0 Å². The number of anilines is 1. The van der Waals surface area contributed by atoms with Crippen LogP contribution in [0.4, 0.5) is 14.5 Å². The fraction of sp³-hybridized carbons (Fsp3) is 0.667. The highest BCUT2D eigenvalue weighted by atomic mass is 127. The van der Waals surface area contributed by atoms with Crippen molar-refractivity contribution in [3.05, 3.63) is 29.8 Å². The van der Waals surface area contributed by atoms with Gasteiger partial charge in [-0.15, -0.1) is 24.0 Å². The van der Waals surface area contributed by atoms with Gasteiger partial charge in [0.05, 0.1) is 5.69 Å². The van der Waals surface area contributed by atoms with Crippen molar-refractivity contribution in [1.82, 2.24) is 10.6 Å². The number of nitrogens with one attached hydrogen (secondary N) is 2. The molecular formula is C21H35F2IN4O. The second-order valence-electron chi connectivity index (χ2n) is 7.55. The number of nitrogens with zero attached hydrogens (tertiary/aromatic N) is 2. The Balaban J connectivity index is 0.00000420. The van der Waals surface area contributed by atoms with Crippen LogP contribution < -0.4 is 15.5 Å². The molecule has 0 aliphatic carbocycles. The molecule has 0 saturated carbocycles. The maximum absolute atomic E-state index is 14.1. The second kappa shape index (κ2) is 12.5. The summed E-state index contributed by atoms with van der Waals surface area (Å²) in [6.07, 6.45) is 3.52. The third kappa shape index (κ3) is 7.24. The van der Waals surface area contributed by atoms with Gasteiger partial charge in [0, 0.05) is 44.9 Å². The molecule has 0 amide bonds. The molecule has 166 valence electrons. The quantitative estimate of drug-likeness (QED) is 0.261. The minimum Gasteiger partial charge on any atom is -0.396 e. The van der Waals surface area contributed by atoms with Crippen molar-refractivity contribution >= 4 is 35.6 Å². The van der Waals surface area contributed by atoms with E-state index in [2.05, 4.69) is 24.5 Å². The summed E-state index contributed by atoms with van der Waals surface area (Å²) in [5.41, 5.74) is 0.447. The van der Waals surface area contributed by atoms with E-state index in [1.165, 1.54) is 12.1 Å². The molecule has 1 unspecified atom stereocenters. The van der Waals surface area contributed by atoms with Gasteiger partial charge < -0.3 is 20.6 Å². The van der Waals surface area contributed by atoms with Crippen molar-refractivity contribution in [1.29, 1.82) is 0 Å². The SMILES string of the molecule is CCNC(=NCC(CC)(CC)CCO)NC1CCN(c2ccc(F)cc2F)C1.I. The summed E-state index contributed by atoms with van der Waals surface area (Å²) in [5.74, 6) is -0.339. The summed E-state index contributed by atoms with van der Waals surface area (Å²) < 4.78 is 27.2. The van der Waals surface area contributed by atoms with Crippen LogP contribution in [-0.4, -0.2) is 49.9 Å². The normalized spacial score (nSPS) is 17.2. The van der Waals surface area contributed by atoms with E-state index in [0.717, 1.165) is 44.3 Å². The molecule has 0 spiro atoms. The van der Waals surface area contributed by atoms with Gasteiger partial charge in [-0.05, 0) is 50.2 Å². The Bertz CT molecular complexity index is 656. The van der Waals surface area contributed by atoms with E-state index in [9.17, 15) is 13.9 Å². The number of aliphatic hydroxyl groups excluding tert-OH is 1. The molecule has 0 aromatic heterocycles. The highest BCUT2D eigenvalue weighted by Gasteiger charge is 2.27. The van der Waals surface area contributed by atoms with Gasteiger partial charge in [0.1, 0.15) is 11.6 Å². The highest BCUT2D eigenvalue weighted by Crippen LogP contribution is 2.30. The molecule has 1 saturated heterocycles. The Morgan fingerprint density at radius 2 is 2.00 bits per heavy atom. The predicted octanol–water partition coefficient (Wildman–Crippen LogP) is 3.91. The average molecular weight is 524 g/mol. The van der Waals surface area contributed by atoms with Gasteiger partial charge in [0.2, 0.25) is 0 Å². The van der Waals surface area contributed by atoms with Crippen molar-refractivity contribution < 1.29 is 13.9 Å². The highest BCUT2D eigenvalue weighted by molar-refractivity contribution is 14.0. The van der Waals surface area contributed by atoms with Gasteiger partial charge in [-0.3, -0.25) is 4.99 Å². The number of hydrogen-bond donors (Lipinski definition) is 3. The van der Waals surface area contributed by atoms with Crippen molar-refractivity contribution in [2.24, 2.45) is 10.4 Å². The van der Waals surface area contributed by atoms with Gasteiger partial charge in [0.15, 0.2) is 5.96 Å². The largest absolute Gasteiger partial charge is 0.396 e. The standard InChI is InChI=1S/C21H34F2N4O.HI/c1-4-21(5-2,10-12-28)15-25-20(24-6-3)26-17-9-11-27(14-17)19-8-7-16(22)13-18(19)23;/h7-8,13,17,28H,4-6,9-12,14-15H2,1-3H3,(H2,24,25,26);1H. The molecule has 0 radical (unpaired) electrons. The van der Waals surface area contributed by atoms with Crippen LogP contribution in [-0.2, 0) is 0 Å². The fourth-order valence-corrected chi connectivity index (χ4v) is 3.74. The number of aliphatic hydroxyl groups is 1. The van der Waals surface area contributed by atoms with Gasteiger partial charge >= 0.3 is 0 Å². The van der Waals surface area contributed by atoms with Crippen LogP contribution in [0.5, 0.6) is 0 Å². The smallest absolute Gasteiger partial charge is 0.191 e. The molecule has 1 atom stereocenters. The Morgan fingerprint density at radius 1 is 1.28 bits per heavy atom. The number of aliphatic imine (C=N–C) groups is 1. The van der Waals surface area contributed by atoms with E-state index in [1.54, 1.807) is 0 Å². The molecule has 29 heavy (non-hydrogen) atoms. The first-order chi connectivity index (χ1) is 13.5. The zero-order valence-electron chi connectivity index (χ0n) is 17.7. The summed E-state index contributed by atoms with van der Waals surface area (Å²) in [7, 11) is 0. The minimum absolute atomic E-state index is 0. The van der Waals surface area contributed by atoms with Crippen molar-refractivity contribution in [3.8, 4) is 0 Å².